The van der Waals surface area contributed by atoms with Gasteiger partial charge in [0.1, 0.15) is 5.76 Å². The number of rotatable bonds is 2. The summed E-state index contributed by atoms with van der Waals surface area (Å²) in [4.78, 5) is 0. The maximum atomic E-state index is 9.07. The van der Waals surface area contributed by atoms with Crippen LogP contribution in [0.1, 0.15) is 0 Å². The van der Waals surface area contributed by atoms with Crippen LogP contribution in [0.25, 0.3) is 0 Å². The van der Waals surface area contributed by atoms with Crippen LogP contribution in [0.5, 0.6) is 0 Å². The van der Waals surface area contributed by atoms with Crippen LogP contribution in [-0.2, 0) is 4.52 Å². The third-order valence-corrected chi connectivity index (χ3v) is 1.48. The first-order chi connectivity index (χ1) is 5.24. The quantitative estimate of drug-likeness (QED) is 0.614. The molecule has 1 unspecified atom stereocenters. The van der Waals surface area contributed by atoms with Gasteiger partial charge in [-0.05, 0) is 6.08 Å². The van der Waals surface area contributed by atoms with Gasteiger partial charge in [0.25, 0.3) is 0 Å². The van der Waals surface area contributed by atoms with Crippen molar-refractivity contribution >= 4 is 9.47 Å². The molecule has 0 spiro atoms. The average molecular weight is 171 g/mol. The van der Waals surface area contributed by atoms with E-state index in [1.807, 2.05) is 0 Å². The molecule has 3 nitrogen and oxygen atoms in total. The fraction of sp³-hybridized carbons (Fsp3) is 0.143. The van der Waals surface area contributed by atoms with Crippen LogP contribution in [0, 0.1) is 0 Å². The predicted molar refractivity (Wildman–Crippen MR) is 46.7 cm³/mol. The minimum Gasteiger partial charge on any atom is -0.506 e. The lowest BCUT2D eigenvalue weighted by molar-refractivity contribution is 0.394. The summed E-state index contributed by atoms with van der Waals surface area (Å²) in [6, 6.07) is 0. The van der Waals surface area contributed by atoms with Gasteiger partial charge in [0.15, 0.2) is 0 Å². The van der Waals surface area contributed by atoms with Crippen molar-refractivity contribution in [3.05, 3.63) is 35.9 Å². The lowest BCUT2D eigenvalue weighted by Gasteiger charge is -2.12. The van der Waals surface area contributed by atoms with Crippen molar-refractivity contribution in [2.45, 2.75) is 0 Å². The molecule has 4 heteroatoms. The fourth-order valence-electron chi connectivity index (χ4n) is 0.753. The van der Waals surface area contributed by atoms with Gasteiger partial charge in [-0.15, -0.1) is 0 Å². The van der Waals surface area contributed by atoms with Gasteiger partial charge in [0.05, 0.1) is 6.61 Å². The average Bonchev–Trinajstić information content (AvgIpc) is 1.98. The van der Waals surface area contributed by atoms with Gasteiger partial charge in [-0.2, -0.15) is 0 Å². The van der Waals surface area contributed by atoms with E-state index in [2.05, 4.69) is 21.4 Å². The molecule has 1 rings (SSSR count). The van der Waals surface area contributed by atoms with Gasteiger partial charge in [0.2, 0.25) is 0 Å². The maximum Gasteiger partial charge on any atom is 0.138 e. The normalized spacial score (nSPS) is 17.0. The Hall–Kier alpha value is -0.790. The lowest BCUT2D eigenvalue weighted by Crippen LogP contribution is -2.14. The van der Waals surface area contributed by atoms with E-state index in [1.165, 1.54) is 6.20 Å². The number of hydrogen-bond donors (Lipinski definition) is 2. The van der Waals surface area contributed by atoms with E-state index in [0.29, 0.717) is 12.2 Å². The van der Waals surface area contributed by atoms with Crippen LogP contribution in [0.4, 0.5) is 0 Å². The lowest BCUT2D eigenvalue weighted by atomic mass is 10.2. The Kier molecular flexibility index (Phi) is 2.69. The Morgan fingerprint density at radius 1 is 1.73 bits per heavy atom. The fourth-order valence-corrected chi connectivity index (χ4v) is 0.932. The van der Waals surface area contributed by atoms with E-state index in [4.69, 9.17) is 9.63 Å². The molecule has 0 aromatic heterocycles. The molecule has 0 fully saturated rings. The van der Waals surface area contributed by atoms with Crippen molar-refractivity contribution in [3.8, 4) is 0 Å². The van der Waals surface area contributed by atoms with E-state index < -0.39 is 0 Å². The standard InChI is InChI=1S/C7H10NO2P/c1-5-2-6(4-10-11)8-3-7(5)9/h2-3,8-9H,1,4,11H2. The van der Waals surface area contributed by atoms with Crippen LogP contribution in [-0.4, -0.2) is 11.7 Å². The maximum absolute atomic E-state index is 9.07. The van der Waals surface area contributed by atoms with Crippen LogP contribution < -0.4 is 5.32 Å². The Bertz CT molecular complexity index is 233. The monoisotopic (exact) mass is 171 g/mol. The van der Waals surface area contributed by atoms with E-state index in [0.717, 1.165) is 5.70 Å². The minimum absolute atomic E-state index is 0.164. The van der Waals surface area contributed by atoms with Crippen molar-refractivity contribution < 1.29 is 9.63 Å². The van der Waals surface area contributed by atoms with E-state index in [1.54, 1.807) is 6.08 Å². The van der Waals surface area contributed by atoms with E-state index in [-0.39, 0.29) is 5.76 Å². The molecule has 0 aromatic rings. The van der Waals surface area contributed by atoms with Crippen molar-refractivity contribution in [1.29, 1.82) is 0 Å². The number of aliphatic hydroxyl groups is 1. The summed E-state index contributed by atoms with van der Waals surface area (Å²) in [5.41, 5.74) is 1.48. The van der Waals surface area contributed by atoms with E-state index in [9.17, 15) is 0 Å². The van der Waals surface area contributed by atoms with Gasteiger partial charge < -0.3 is 14.9 Å². The first-order valence-corrected chi connectivity index (χ1v) is 3.58. The highest BCUT2D eigenvalue weighted by atomic mass is 31.0. The Morgan fingerprint density at radius 2 is 2.45 bits per heavy atom. The molecule has 0 saturated heterocycles. The summed E-state index contributed by atoms with van der Waals surface area (Å²) in [7, 11) is 2.15. The number of dihydropyridines is 1. The Labute approximate surface area is 67.7 Å². The Balaban J connectivity index is 2.62. The molecular weight excluding hydrogens is 161 g/mol. The second-order valence-corrected chi connectivity index (χ2v) is 2.51. The van der Waals surface area contributed by atoms with Crippen molar-refractivity contribution in [3.63, 3.8) is 0 Å². The highest BCUT2D eigenvalue weighted by Gasteiger charge is 2.05. The third kappa shape index (κ3) is 2.07. The second kappa shape index (κ2) is 3.56. The molecule has 0 amide bonds. The van der Waals surface area contributed by atoms with E-state index >= 15 is 0 Å². The third-order valence-electron chi connectivity index (χ3n) is 1.31. The molecule has 0 saturated carbocycles. The van der Waals surface area contributed by atoms with Crippen LogP contribution in [0.2, 0.25) is 0 Å². The molecular formula is C7H10NO2P. The summed E-state index contributed by atoms with van der Waals surface area (Å²) in [5, 5.41) is 11.9. The number of allylic oxidation sites excluding steroid dienone is 1. The zero-order valence-electron chi connectivity index (χ0n) is 6.00. The molecule has 1 heterocycles. The van der Waals surface area contributed by atoms with Crippen LogP contribution in [0.3, 0.4) is 0 Å². The highest BCUT2D eigenvalue weighted by molar-refractivity contribution is 7.09. The molecule has 1 aliphatic rings. The Morgan fingerprint density at radius 3 is 3.00 bits per heavy atom. The number of nitrogens with one attached hydrogen (secondary N) is 1. The molecule has 11 heavy (non-hydrogen) atoms. The number of aliphatic hydroxyl groups excluding tert-OH is 1. The van der Waals surface area contributed by atoms with Crippen molar-refractivity contribution in [2.75, 3.05) is 6.61 Å². The van der Waals surface area contributed by atoms with Gasteiger partial charge >= 0.3 is 0 Å². The zero-order valence-corrected chi connectivity index (χ0v) is 7.16. The molecule has 1 atom stereocenters. The van der Waals surface area contributed by atoms with Crippen LogP contribution >= 0.6 is 9.47 Å². The summed E-state index contributed by atoms with van der Waals surface area (Å²) in [5.74, 6) is 0.164. The first-order valence-electron chi connectivity index (χ1n) is 3.11. The largest absolute Gasteiger partial charge is 0.506 e. The molecule has 0 bridgehead atoms. The van der Waals surface area contributed by atoms with Crippen molar-refractivity contribution in [1.82, 2.24) is 5.32 Å². The first kappa shape index (κ1) is 8.31. The molecule has 0 aliphatic carbocycles. The summed E-state index contributed by atoms with van der Waals surface area (Å²) in [6.07, 6.45) is 3.22. The highest BCUT2D eigenvalue weighted by Crippen LogP contribution is 2.12. The molecule has 1 aliphatic heterocycles. The molecule has 2 N–H and O–H groups in total. The van der Waals surface area contributed by atoms with Gasteiger partial charge in [-0.3, -0.25) is 0 Å². The molecule has 0 aromatic carbocycles. The molecule has 60 valence electrons. The summed E-state index contributed by atoms with van der Waals surface area (Å²) in [6.45, 7) is 4.10. The smallest absolute Gasteiger partial charge is 0.138 e. The predicted octanol–water partition coefficient (Wildman–Crippen LogP) is 1.24. The topological polar surface area (TPSA) is 41.5 Å². The molecule has 0 radical (unpaired) electrons. The second-order valence-electron chi connectivity index (χ2n) is 2.18. The summed E-state index contributed by atoms with van der Waals surface area (Å²) < 4.78 is 4.80. The zero-order chi connectivity index (χ0) is 8.27. The minimum atomic E-state index is 0.164. The van der Waals surface area contributed by atoms with Gasteiger partial charge in [-0.25, -0.2) is 0 Å². The number of hydrogen-bond acceptors (Lipinski definition) is 3. The van der Waals surface area contributed by atoms with Gasteiger partial charge in [-0.1, -0.05) is 6.58 Å². The van der Waals surface area contributed by atoms with Gasteiger partial charge in [0, 0.05) is 26.9 Å². The van der Waals surface area contributed by atoms with Crippen molar-refractivity contribution in [2.24, 2.45) is 0 Å². The van der Waals surface area contributed by atoms with Crippen LogP contribution in [0.15, 0.2) is 35.9 Å². The summed E-state index contributed by atoms with van der Waals surface area (Å²) >= 11 is 0. The SMILES string of the molecule is C=C1C=C(COP)NC=C1O.